The van der Waals surface area contributed by atoms with E-state index in [0.717, 1.165) is 16.9 Å². The molecular formula is C20H16N4O2. The maximum atomic E-state index is 12.5. The van der Waals surface area contributed by atoms with Gasteiger partial charge in [-0.25, -0.2) is 9.36 Å². The Balaban J connectivity index is 1.91. The van der Waals surface area contributed by atoms with Crippen LogP contribution in [0.4, 0.5) is 0 Å². The number of rotatable bonds is 3. The van der Waals surface area contributed by atoms with Crippen LogP contribution < -0.4 is 5.43 Å². The normalized spacial score (nSPS) is 10.8. The van der Waals surface area contributed by atoms with Crippen LogP contribution in [0.3, 0.4) is 0 Å². The number of benzene rings is 2. The average Bonchev–Trinajstić information content (AvgIpc) is 3.14. The molecule has 0 aliphatic rings. The molecule has 4 rings (SSSR count). The van der Waals surface area contributed by atoms with Gasteiger partial charge in [-0.3, -0.25) is 4.79 Å². The summed E-state index contributed by atoms with van der Waals surface area (Å²) in [7, 11) is 0. The molecule has 0 amide bonds. The van der Waals surface area contributed by atoms with Crippen LogP contribution in [0.1, 0.15) is 5.56 Å². The predicted octanol–water partition coefficient (Wildman–Crippen LogP) is 3.10. The molecule has 0 radical (unpaired) electrons. The van der Waals surface area contributed by atoms with Crippen LogP contribution in [0.2, 0.25) is 0 Å². The Labute approximate surface area is 149 Å². The predicted molar refractivity (Wildman–Crippen MR) is 98.8 cm³/mol. The van der Waals surface area contributed by atoms with Crippen molar-refractivity contribution in [2.24, 2.45) is 0 Å². The summed E-state index contributed by atoms with van der Waals surface area (Å²) in [6.45, 7) is 1.97. The molecule has 6 nitrogen and oxygen atoms in total. The Morgan fingerprint density at radius 1 is 0.962 bits per heavy atom. The van der Waals surface area contributed by atoms with E-state index in [-0.39, 0.29) is 11.4 Å². The first-order valence-electron chi connectivity index (χ1n) is 8.13. The van der Waals surface area contributed by atoms with Crippen molar-refractivity contribution in [1.82, 2.24) is 19.6 Å². The van der Waals surface area contributed by atoms with E-state index in [9.17, 15) is 9.90 Å². The molecule has 2 aromatic heterocycles. The summed E-state index contributed by atoms with van der Waals surface area (Å²) in [5.74, 6) is -0.364. The average molecular weight is 344 g/mol. The number of hydrogen-bond donors (Lipinski definition) is 1. The number of nitrogens with zero attached hydrogens (tertiary/aromatic N) is 4. The van der Waals surface area contributed by atoms with Crippen molar-refractivity contribution in [3.05, 3.63) is 88.8 Å². The van der Waals surface area contributed by atoms with Crippen LogP contribution >= 0.6 is 0 Å². The van der Waals surface area contributed by atoms with Gasteiger partial charge in [-0.15, -0.1) is 0 Å². The molecule has 0 unspecified atom stereocenters. The molecule has 6 heteroatoms. The van der Waals surface area contributed by atoms with Crippen molar-refractivity contribution in [2.75, 3.05) is 0 Å². The second kappa shape index (κ2) is 6.33. The molecule has 128 valence electrons. The highest BCUT2D eigenvalue weighted by Crippen LogP contribution is 2.20. The fourth-order valence-corrected chi connectivity index (χ4v) is 2.81. The van der Waals surface area contributed by atoms with Gasteiger partial charge in [0.1, 0.15) is 0 Å². The minimum absolute atomic E-state index is 0.132. The number of aromatic nitrogens is 4. The summed E-state index contributed by atoms with van der Waals surface area (Å²) in [5, 5.41) is 18.9. The minimum atomic E-state index is -0.536. The summed E-state index contributed by atoms with van der Waals surface area (Å²) < 4.78 is 3.13. The SMILES string of the molecule is Cc1cccc(-n2cc(O)c(=O)c(-c3ccnn3-c3ccccc3)n2)c1. The van der Waals surface area contributed by atoms with E-state index in [1.54, 1.807) is 16.9 Å². The standard InChI is InChI=1S/C20H16N4O2/c1-14-6-5-9-16(12-14)23-13-18(25)20(26)19(22-23)17-10-11-21-24(17)15-7-3-2-4-8-15/h2-13,25H,1H3. The van der Waals surface area contributed by atoms with Gasteiger partial charge in [-0.2, -0.15) is 10.2 Å². The molecule has 0 saturated heterocycles. The van der Waals surface area contributed by atoms with Gasteiger partial charge in [0.15, 0.2) is 11.4 Å². The first kappa shape index (κ1) is 15.8. The maximum absolute atomic E-state index is 12.5. The third kappa shape index (κ3) is 2.77. The van der Waals surface area contributed by atoms with Crippen LogP contribution in [-0.2, 0) is 0 Å². The van der Waals surface area contributed by atoms with Gasteiger partial charge in [0.05, 0.1) is 29.5 Å². The van der Waals surface area contributed by atoms with E-state index in [1.807, 2.05) is 61.5 Å². The van der Waals surface area contributed by atoms with Crippen molar-refractivity contribution in [3.8, 4) is 28.5 Å². The molecule has 0 aliphatic heterocycles. The monoisotopic (exact) mass is 344 g/mol. The third-order valence-corrected chi connectivity index (χ3v) is 4.05. The van der Waals surface area contributed by atoms with Crippen LogP contribution in [0.25, 0.3) is 22.8 Å². The molecule has 0 aliphatic carbocycles. The highest BCUT2D eigenvalue weighted by molar-refractivity contribution is 5.59. The first-order chi connectivity index (χ1) is 12.6. The molecule has 0 atom stereocenters. The maximum Gasteiger partial charge on any atom is 0.251 e. The lowest BCUT2D eigenvalue weighted by Crippen LogP contribution is -2.15. The van der Waals surface area contributed by atoms with E-state index in [1.165, 1.54) is 10.9 Å². The summed E-state index contributed by atoms with van der Waals surface area (Å²) in [6, 6.07) is 18.8. The molecule has 4 aromatic rings. The summed E-state index contributed by atoms with van der Waals surface area (Å²) in [4.78, 5) is 12.5. The van der Waals surface area contributed by atoms with E-state index < -0.39 is 5.43 Å². The van der Waals surface area contributed by atoms with Crippen LogP contribution in [0.5, 0.6) is 5.75 Å². The van der Waals surface area contributed by atoms with Crippen LogP contribution in [0, 0.1) is 6.92 Å². The van der Waals surface area contributed by atoms with Crippen LogP contribution in [-0.4, -0.2) is 24.7 Å². The van der Waals surface area contributed by atoms with Crippen molar-refractivity contribution in [3.63, 3.8) is 0 Å². The van der Waals surface area contributed by atoms with E-state index in [0.29, 0.717) is 5.69 Å². The van der Waals surface area contributed by atoms with Gasteiger partial charge in [0.2, 0.25) is 0 Å². The van der Waals surface area contributed by atoms with Crippen LogP contribution in [0.15, 0.2) is 77.9 Å². The van der Waals surface area contributed by atoms with Gasteiger partial charge in [-0.05, 0) is 42.8 Å². The fourth-order valence-electron chi connectivity index (χ4n) is 2.81. The summed E-state index contributed by atoms with van der Waals surface area (Å²) >= 11 is 0. The fraction of sp³-hybridized carbons (Fsp3) is 0.0500. The number of hydrogen-bond acceptors (Lipinski definition) is 4. The lowest BCUT2D eigenvalue weighted by atomic mass is 10.2. The zero-order chi connectivity index (χ0) is 18.1. The highest BCUT2D eigenvalue weighted by Gasteiger charge is 2.16. The Kier molecular flexibility index (Phi) is 3.85. The van der Waals surface area contributed by atoms with Crippen molar-refractivity contribution < 1.29 is 5.11 Å². The Morgan fingerprint density at radius 2 is 1.73 bits per heavy atom. The van der Waals surface area contributed by atoms with Crippen molar-refractivity contribution in [2.45, 2.75) is 6.92 Å². The number of aryl methyl sites for hydroxylation is 1. The molecule has 0 bridgehead atoms. The van der Waals surface area contributed by atoms with Crippen molar-refractivity contribution >= 4 is 0 Å². The largest absolute Gasteiger partial charge is 0.503 e. The molecule has 2 heterocycles. The first-order valence-corrected chi connectivity index (χ1v) is 8.13. The Hall–Kier alpha value is -3.67. The minimum Gasteiger partial charge on any atom is -0.503 e. The lowest BCUT2D eigenvalue weighted by molar-refractivity contribution is 0.462. The van der Waals surface area contributed by atoms with Crippen molar-refractivity contribution in [1.29, 1.82) is 0 Å². The lowest BCUT2D eigenvalue weighted by Gasteiger charge is -2.11. The smallest absolute Gasteiger partial charge is 0.251 e. The van der Waals surface area contributed by atoms with Gasteiger partial charge >= 0.3 is 0 Å². The Morgan fingerprint density at radius 3 is 2.50 bits per heavy atom. The zero-order valence-electron chi connectivity index (χ0n) is 14.1. The van der Waals surface area contributed by atoms with E-state index in [2.05, 4.69) is 10.2 Å². The Bertz CT molecular complexity index is 1130. The van der Waals surface area contributed by atoms with E-state index >= 15 is 0 Å². The number of aromatic hydroxyl groups is 1. The van der Waals surface area contributed by atoms with Gasteiger partial charge in [-0.1, -0.05) is 30.3 Å². The zero-order valence-corrected chi connectivity index (χ0v) is 14.1. The van der Waals surface area contributed by atoms with Gasteiger partial charge < -0.3 is 5.11 Å². The van der Waals surface area contributed by atoms with E-state index in [4.69, 9.17) is 0 Å². The highest BCUT2D eigenvalue weighted by atomic mass is 16.3. The third-order valence-electron chi connectivity index (χ3n) is 4.05. The summed E-state index contributed by atoms with van der Waals surface area (Å²) in [6.07, 6.45) is 2.92. The molecule has 2 aromatic carbocycles. The second-order valence-corrected chi connectivity index (χ2v) is 5.94. The van der Waals surface area contributed by atoms with Gasteiger partial charge in [0, 0.05) is 0 Å². The molecule has 1 N–H and O–H groups in total. The molecule has 0 fully saturated rings. The summed E-state index contributed by atoms with van der Waals surface area (Å²) in [5.41, 5.74) is 2.72. The number of para-hydroxylation sites is 1. The van der Waals surface area contributed by atoms with Gasteiger partial charge in [0.25, 0.3) is 5.43 Å². The topological polar surface area (TPSA) is 72.9 Å². The molecule has 0 saturated carbocycles. The quantitative estimate of drug-likeness (QED) is 0.620. The molecule has 0 spiro atoms. The molecular weight excluding hydrogens is 328 g/mol. The molecule has 26 heavy (non-hydrogen) atoms. The second-order valence-electron chi connectivity index (χ2n) is 5.94.